The van der Waals surface area contributed by atoms with Crippen molar-refractivity contribution in [3.05, 3.63) is 125 Å². The summed E-state index contributed by atoms with van der Waals surface area (Å²) in [6.45, 7) is 2.27. The number of hydrogen-bond donors (Lipinski definition) is 2. The average molecular weight is 537 g/mol. The maximum absolute atomic E-state index is 13.4. The summed E-state index contributed by atoms with van der Waals surface area (Å²) in [4.78, 5) is 32.3. The maximum Gasteiger partial charge on any atom is 0.295 e. The van der Waals surface area contributed by atoms with E-state index in [0.717, 1.165) is 11.1 Å². The molecule has 1 aromatic heterocycles. The molecule has 5 rings (SSSR count). The number of aromatic hydroxyl groups is 1. The summed E-state index contributed by atoms with van der Waals surface area (Å²) >= 11 is 0. The number of nitrogens with zero attached hydrogens (tertiary/aromatic N) is 2. The zero-order valence-corrected chi connectivity index (χ0v) is 22.1. The van der Waals surface area contributed by atoms with Crippen LogP contribution < -0.4 is 9.47 Å². The van der Waals surface area contributed by atoms with E-state index in [4.69, 9.17) is 9.47 Å². The van der Waals surface area contributed by atoms with Crippen molar-refractivity contribution in [2.45, 2.75) is 26.1 Å². The molecule has 2 heterocycles. The van der Waals surface area contributed by atoms with Crippen LogP contribution in [-0.4, -0.2) is 38.9 Å². The minimum atomic E-state index is -0.928. The Labute approximate surface area is 231 Å². The second kappa shape index (κ2) is 11.3. The summed E-state index contributed by atoms with van der Waals surface area (Å²) in [5, 5.41) is 21.7. The molecule has 1 saturated heterocycles. The first kappa shape index (κ1) is 26.5. The molecule has 1 aliphatic heterocycles. The number of methoxy groups -OCH3 is 1. The summed E-state index contributed by atoms with van der Waals surface area (Å²) in [7, 11) is 1.41. The molecule has 0 radical (unpaired) electrons. The average Bonchev–Trinajstić information content (AvgIpc) is 3.22. The first-order valence-electron chi connectivity index (χ1n) is 12.7. The predicted molar refractivity (Wildman–Crippen MR) is 149 cm³/mol. The number of rotatable bonds is 8. The second-order valence-electron chi connectivity index (χ2n) is 9.47. The van der Waals surface area contributed by atoms with Gasteiger partial charge >= 0.3 is 0 Å². The number of carbonyl (C=O) groups is 2. The summed E-state index contributed by atoms with van der Waals surface area (Å²) in [5.74, 6) is -1.14. The normalized spacial score (nSPS) is 16.2. The van der Waals surface area contributed by atoms with Gasteiger partial charge in [0.2, 0.25) is 0 Å². The number of hydrogen-bond acceptors (Lipinski definition) is 7. The van der Waals surface area contributed by atoms with E-state index < -0.39 is 17.7 Å². The molecular formula is C32H28N2O6. The molecule has 3 aromatic carbocycles. The number of likely N-dealkylation sites (tertiary alicyclic amines) is 1. The van der Waals surface area contributed by atoms with E-state index in [1.54, 1.807) is 61.8 Å². The molecule has 8 heteroatoms. The van der Waals surface area contributed by atoms with Crippen LogP contribution >= 0.6 is 0 Å². The van der Waals surface area contributed by atoms with Crippen molar-refractivity contribution in [2.75, 3.05) is 7.11 Å². The van der Waals surface area contributed by atoms with E-state index in [2.05, 4.69) is 4.98 Å². The molecular weight excluding hydrogens is 508 g/mol. The lowest BCUT2D eigenvalue weighted by atomic mass is 9.93. The van der Waals surface area contributed by atoms with Gasteiger partial charge in [0.05, 0.1) is 18.7 Å². The Kier molecular flexibility index (Phi) is 7.50. The highest BCUT2D eigenvalue weighted by Crippen LogP contribution is 2.43. The van der Waals surface area contributed by atoms with Crippen molar-refractivity contribution in [1.82, 2.24) is 9.88 Å². The Hall–Kier alpha value is -5.11. The van der Waals surface area contributed by atoms with Crippen LogP contribution in [0.25, 0.3) is 5.76 Å². The molecule has 202 valence electrons. The van der Waals surface area contributed by atoms with Crippen LogP contribution in [0.1, 0.15) is 33.9 Å². The Bertz CT molecular complexity index is 1580. The Balaban J connectivity index is 1.55. The van der Waals surface area contributed by atoms with Crippen molar-refractivity contribution in [2.24, 2.45) is 0 Å². The summed E-state index contributed by atoms with van der Waals surface area (Å²) in [5.41, 5.74) is 3.26. The fraction of sp³-hybridized carbons (Fsp3) is 0.156. The SMILES string of the molecule is COc1cc(C2/C(=C(\O)c3ccc(OCc4ccccc4)cc3C)C(=O)C(=O)N2Cc2cccnc2)ccc1O. The molecule has 1 fully saturated rings. The van der Waals surface area contributed by atoms with Crippen molar-refractivity contribution < 1.29 is 29.3 Å². The van der Waals surface area contributed by atoms with E-state index in [-0.39, 0.29) is 29.4 Å². The lowest BCUT2D eigenvalue weighted by molar-refractivity contribution is -0.140. The fourth-order valence-electron chi connectivity index (χ4n) is 4.82. The van der Waals surface area contributed by atoms with Gasteiger partial charge in [0.15, 0.2) is 11.5 Å². The molecule has 0 aliphatic carbocycles. The number of ketones is 1. The molecule has 0 spiro atoms. The Morgan fingerprint density at radius 3 is 2.45 bits per heavy atom. The van der Waals surface area contributed by atoms with Gasteiger partial charge in [-0.1, -0.05) is 42.5 Å². The number of aliphatic hydroxyl groups excluding tert-OH is 1. The van der Waals surface area contributed by atoms with E-state index >= 15 is 0 Å². The highest BCUT2D eigenvalue weighted by atomic mass is 16.5. The monoisotopic (exact) mass is 536 g/mol. The molecule has 4 aromatic rings. The number of aromatic nitrogens is 1. The highest BCUT2D eigenvalue weighted by molar-refractivity contribution is 6.46. The molecule has 0 bridgehead atoms. The zero-order chi connectivity index (χ0) is 28.2. The summed E-state index contributed by atoms with van der Waals surface area (Å²) < 4.78 is 11.2. The quantitative estimate of drug-likeness (QED) is 0.179. The third-order valence-electron chi connectivity index (χ3n) is 6.84. The number of aryl methyl sites for hydroxylation is 1. The Morgan fingerprint density at radius 2 is 1.75 bits per heavy atom. The van der Waals surface area contributed by atoms with Gasteiger partial charge in [-0.15, -0.1) is 0 Å². The molecule has 1 aliphatic rings. The number of aliphatic hydroxyl groups is 1. The number of amides is 1. The van der Waals surface area contributed by atoms with E-state index in [1.807, 2.05) is 30.3 Å². The van der Waals surface area contributed by atoms with E-state index in [1.165, 1.54) is 18.1 Å². The first-order chi connectivity index (χ1) is 19.4. The van der Waals surface area contributed by atoms with Crippen LogP contribution in [0.15, 0.2) is 96.8 Å². The number of benzene rings is 3. The van der Waals surface area contributed by atoms with Crippen LogP contribution in [-0.2, 0) is 22.7 Å². The number of phenolic OH excluding ortho intramolecular Hbond substituents is 1. The number of phenols is 1. The van der Waals surface area contributed by atoms with Gasteiger partial charge in [0.1, 0.15) is 18.1 Å². The standard InChI is InChI=1S/C32H28N2O6/c1-20-15-24(40-19-21-7-4-3-5-8-21)11-12-25(20)30(36)28-29(23-10-13-26(35)27(16-23)39-2)34(32(38)31(28)37)18-22-9-6-14-33-17-22/h3-17,29,35-36H,18-19H2,1-2H3/b30-28+. The summed E-state index contributed by atoms with van der Waals surface area (Å²) in [6.07, 6.45) is 3.24. The maximum atomic E-state index is 13.4. The van der Waals surface area contributed by atoms with Crippen molar-refractivity contribution >= 4 is 17.4 Å². The molecule has 0 saturated carbocycles. The lowest BCUT2D eigenvalue weighted by Gasteiger charge is -2.26. The van der Waals surface area contributed by atoms with Crippen LogP contribution in [0, 0.1) is 6.92 Å². The fourth-order valence-corrected chi connectivity index (χ4v) is 4.82. The minimum Gasteiger partial charge on any atom is -0.507 e. The summed E-state index contributed by atoms with van der Waals surface area (Å²) in [6, 6.07) is 22.1. The van der Waals surface area contributed by atoms with E-state index in [0.29, 0.717) is 29.0 Å². The van der Waals surface area contributed by atoms with Crippen LogP contribution in [0.5, 0.6) is 17.2 Å². The zero-order valence-electron chi connectivity index (χ0n) is 22.1. The van der Waals surface area contributed by atoms with Crippen molar-refractivity contribution in [3.8, 4) is 17.2 Å². The van der Waals surface area contributed by atoms with Gasteiger partial charge in [-0.3, -0.25) is 14.6 Å². The van der Waals surface area contributed by atoms with Crippen LogP contribution in [0.3, 0.4) is 0 Å². The smallest absolute Gasteiger partial charge is 0.295 e. The predicted octanol–water partition coefficient (Wildman–Crippen LogP) is 5.31. The van der Waals surface area contributed by atoms with Crippen LogP contribution in [0.4, 0.5) is 0 Å². The first-order valence-corrected chi connectivity index (χ1v) is 12.7. The third kappa shape index (κ3) is 5.24. The lowest BCUT2D eigenvalue weighted by Crippen LogP contribution is -2.29. The van der Waals surface area contributed by atoms with Crippen molar-refractivity contribution in [1.29, 1.82) is 0 Å². The van der Waals surface area contributed by atoms with E-state index in [9.17, 15) is 19.8 Å². The Morgan fingerprint density at radius 1 is 0.975 bits per heavy atom. The topological polar surface area (TPSA) is 109 Å². The number of carbonyl (C=O) groups excluding carboxylic acids is 2. The minimum absolute atomic E-state index is 0.0531. The molecule has 1 atom stereocenters. The number of Topliss-reactive ketones (excluding diaryl/α,β-unsaturated/α-hetero) is 1. The van der Waals surface area contributed by atoms with Crippen molar-refractivity contribution in [3.63, 3.8) is 0 Å². The van der Waals surface area contributed by atoms with Gasteiger partial charge in [0.25, 0.3) is 11.7 Å². The molecule has 8 nitrogen and oxygen atoms in total. The highest BCUT2D eigenvalue weighted by Gasteiger charge is 2.46. The molecule has 2 N–H and O–H groups in total. The van der Waals surface area contributed by atoms with Gasteiger partial charge < -0.3 is 24.6 Å². The number of ether oxygens (including phenoxy) is 2. The molecule has 1 amide bonds. The van der Waals surface area contributed by atoms with Gasteiger partial charge in [-0.25, -0.2) is 0 Å². The second-order valence-corrected chi connectivity index (χ2v) is 9.47. The molecule has 40 heavy (non-hydrogen) atoms. The largest absolute Gasteiger partial charge is 0.507 e. The number of pyridine rings is 1. The van der Waals surface area contributed by atoms with Gasteiger partial charge in [-0.2, -0.15) is 0 Å². The van der Waals surface area contributed by atoms with Gasteiger partial charge in [-0.05, 0) is 65.6 Å². The van der Waals surface area contributed by atoms with Gasteiger partial charge in [0, 0.05) is 24.5 Å². The van der Waals surface area contributed by atoms with Crippen LogP contribution in [0.2, 0.25) is 0 Å². The molecule has 1 unspecified atom stereocenters. The third-order valence-corrected chi connectivity index (χ3v) is 6.84.